The van der Waals surface area contributed by atoms with Gasteiger partial charge < -0.3 is 14.4 Å². The fraction of sp³-hybridized carbons (Fsp3) is 0.643. The van der Waals surface area contributed by atoms with Gasteiger partial charge >= 0.3 is 0 Å². The fourth-order valence-corrected chi connectivity index (χ4v) is 3.56. The van der Waals surface area contributed by atoms with Gasteiger partial charge in [-0.05, 0) is 18.8 Å². The predicted octanol–water partition coefficient (Wildman–Crippen LogP) is 2.41. The highest BCUT2D eigenvalue weighted by atomic mass is 32.1. The Kier molecular flexibility index (Phi) is 4.50. The second-order valence-electron chi connectivity index (χ2n) is 5.42. The molecular weight excluding hydrogens is 288 g/mol. The van der Waals surface area contributed by atoms with Crippen molar-refractivity contribution in [2.24, 2.45) is 5.92 Å². The Bertz CT molecular complexity index is 577. The number of aliphatic hydroxyl groups excluding tert-OH is 1. The van der Waals surface area contributed by atoms with Crippen LogP contribution in [0.3, 0.4) is 0 Å². The lowest BCUT2D eigenvalue weighted by Crippen LogP contribution is -2.20. The Morgan fingerprint density at radius 2 is 2.19 bits per heavy atom. The molecule has 0 aromatic carbocycles. The summed E-state index contributed by atoms with van der Waals surface area (Å²) in [5.74, 6) is 1.06. The zero-order chi connectivity index (χ0) is 14.7. The first-order valence-corrected chi connectivity index (χ1v) is 8.15. The van der Waals surface area contributed by atoms with Gasteiger partial charge in [-0.3, -0.25) is 0 Å². The van der Waals surface area contributed by atoms with Crippen LogP contribution in [-0.4, -0.2) is 32.0 Å². The topological polar surface area (TPSA) is 73.1 Å². The lowest BCUT2D eigenvalue weighted by molar-refractivity contribution is 0.0743. The van der Waals surface area contributed by atoms with Crippen LogP contribution < -0.4 is 4.74 Å². The average Bonchev–Trinajstić information content (AvgIpc) is 3.17. The molecule has 1 unspecified atom stereocenters. The number of hydrogen-bond donors (Lipinski definition) is 1. The van der Waals surface area contributed by atoms with E-state index in [0.717, 1.165) is 23.7 Å². The van der Waals surface area contributed by atoms with E-state index in [1.54, 1.807) is 13.3 Å². The smallest absolute Gasteiger partial charge is 0.293 e. The van der Waals surface area contributed by atoms with Crippen LogP contribution in [0.25, 0.3) is 0 Å². The van der Waals surface area contributed by atoms with Gasteiger partial charge in [-0.25, -0.2) is 4.98 Å². The first-order chi connectivity index (χ1) is 10.3. The molecule has 0 saturated heterocycles. The Labute approximate surface area is 127 Å². The molecule has 0 spiro atoms. The monoisotopic (exact) mass is 308 g/mol. The van der Waals surface area contributed by atoms with E-state index in [4.69, 9.17) is 4.74 Å². The quantitative estimate of drug-likeness (QED) is 0.918. The Morgan fingerprint density at radius 3 is 2.90 bits per heavy atom. The van der Waals surface area contributed by atoms with Crippen molar-refractivity contribution in [2.75, 3.05) is 7.11 Å². The summed E-state index contributed by atoms with van der Waals surface area (Å²) in [7, 11) is 1.58. The Morgan fingerprint density at radius 1 is 1.38 bits per heavy atom. The number of methoxy groups -OCH3 is 1. The Balaban J connectivity index is 1.73. The van der Waals surface area contributed by atoms with Crippen LogP contribution in [0, 0.1) is 5.92 Å². The first kappa shape index (κ1) is 14.5. The van der Waals surface area contributed by atoms with Crippen LogP contribution in [0.4, 0.5) is 0 Å². The number of nitrogens with zero attached hydrogens (tertiary/aromatic N) is 4. The molecule has 1 aliphatic carbocycles. The van der Waals surface area contributed by atoms with Crippen molar-refractivity contribution in [3.05, 3.63) is 23.2 Å². The van der Waals surface area contributed by atoms with E-state index >= 15 is 0 Å². The van der Waals surface area contributed by atoms with Gasteiger partial charge in [0.15, 0.2) is 0 Å². The SMILES string of the molecule is COc1nnc(Cn2ccnc2C(O)C2CCCCC2)s1. The molecule has 6 nitrogen and oxygen atoms in total. The van der Waals surface area contributed by atoms with Gasteiger partial charge in [-0.1, -0.05) is 30.6 Å². The lowest BCUT2D eigenvalue weighted by Gasteiger charge is -2.26. The molecular formula is C14H20N4O2S. The zero-order valence-electron chi connectivity index (χ0n) is 12.1. The molecule has 7 heteroatoms. The van der Waals surface area contributed by atoms with Crippen molar-refractivity contribution in [3.8, 4) is 5.19 Å². The maximum absolute atomic E-state index is 10.6. The number of aromatic nitrogens is 4. The van der Waals surface area contributed by atoms with E-state index in [-0.39, 0.29) is 0 Å². The summed E-state index contributed by atoms with van der Waals surface area (Å²) in [6.07, 6.45) is 8.99. The van der Waals surface area contributed by atoms with Crippen molar-refractivity contribution in [1.29, 1.82) is 0 Å². The predicted molar refractivity (Wildman–Crippen MR) is 79.3 cm³/mol. The van der Waals surface area contributed by atoms with Crippen LogP contribution in [0.2, 0.25) is 0 Å². The summed E-state index contributed by atoms with van der Waals surface area (Å²) < 4.78 is 7.02. The third-order valence-corrected chi connectivity index (χ3v) is 4.91. The molecule has 2 aromatic heterocycles. The molecule has 21 heavy (non-hydrogen) atoms. The molecule has 1 saturated carbocycles. The minimum atomic E-state index is -0.491. The second kappa shape index (κ2) is 6.53. The summed E-state index contributed by atoms with van der Waals surface area (Å²) >= 11 is 1.41. The molecule has 0 amide bonds. The second-order valence-corrected chi connectivity index (χ2v) is 6.45. The van der Waals surface area contributed by atoms with Crippen LogP contribution in [0.5, 0.6) is 5.19 Å². The van der Waals surface area contributed by atoms with E-state index in [0.29, 0.717) is 17.7 Å². The molecule has 1 fully saturated rings. The van der Waals surface area contributed by atoms with E-state index in [9.17, 15) is 5.11 Å². The number of aliphatic hydroxyl groups is 1. The molecule has 1 N–H and O–H groups in total. The van der Waals surface area contributed by atoms with Crippen molar-refractivity contribution in [1.82, 2.24) is 19.7 Å². The summed E-state index contributed by atoms with van der Waals surface area (Å²) in [5.41, 5.74) is 0. The maximum Gasteiger partial charge on any atom is 0.293 e. The lowest BCUT2D eigenvalue weighted by atomic mass is 9.85. The summed E-state index contributed by atoms with van der Waals surface area (Å²) in [4.78, 5) is 4.35. The van der Waals surface area contributed by atoms with E-state index in [1.807, 2.05) is 10.8 Å². The molecule has 114 valence electrons. The average molecular weight is 308 g/mol. The van der Waals surface area contributed by atoms with Crippen molar-refractivity contribution >= 4 is 11.3 Å². The molecule has 0 radical (unpaired) electrons. The molecule has 2 aromatic rings. The van der Waals surface area contributed by atoms with Crippen LogP contribution in [0.1, 0.15) is 49.0 Å². The van der Waals surface area contributed by atoms with Crippen molar-refractivity contribution < 1.29 is 9.84 Å². The number of imidazole rings is 1. The van der Waals surface area contributed by atoms with Crippen molar-refractivity contribution in [3.63, 3.8) is 0 Å². The van der Waals surface area contributed by atoms with Gasteiger partial charge in [-0.2, -0.15) is 0 Å². The zero-order valence-corrected chi connectivity index (χ0v) is 12.9. The molecule has 0 aliphatic heterocycles. The Hall–Kier alpha value is -1.47. The molecule has 3 rings (SSSR count). The third-order valence-electron chi connectivity index (χ3n) is 4.04. The highest BCUT2D eigenvalue weighted by Crippen LogP contribution is 2.34. The first-order valence-electron chi connectivity index (χ1n) is 7.33. The maximum atomic E-state index is 10.6. The number of ether oxygens (including phenoxy) is 1. The van der Waals surface area contributed by atoms with Crippen LogP contribution in [0.15, 0.2) is 12.4 Å². The highest BCUT2D eigenvalue weighted by Gasteiger charge is 2.26. The molecule has 0 bridgehead atoms. The van der Waals surface area contributed by atoms with E-state index in [2.05, 4.69) is 15.2 Å². The number of rotatable bonds is 5. The van der Waals surface area contributed by atoms with Gasteiger partial charge in [-0.15, -0.1) is 10.2 Å². The normalized spacial score (nSPS) is 17.8. The van der Waals surface area contributed by atoms with Gasteiger partial charge in [0.25, 0.3) is 5.19 Å². The third kappa shape index (κ3) is 3.24. The highest BCUT2D eigenvalue weighted by molar-refractivity contribution is 7.13. The van der Waals surface area contributed by atoms with Gasteiger partial charge in [0.1, 0.15) is 16.9 Å². The minimum Gasteiger partial charge on any atom is -0.472 e. The summed E-state index contributed by atoms with van der Waals surface area (Å²) in [5, 5.41) is 20.0. The summed E-state index contributed by atoms with van der Waals surface area (Å²) in [6, 6.07) is 0. The molecule has 1 aliphatic rings. The molecule has 1 atom stereocenters. The minimum absolute atomic E-state index is 0.323. The summed E-state index contributed by atoms with van der Waals surface area (Å²) in [6.45, 7) is 0.570. The van der Waals surface area contributed by atoms with Crippen LogP contribution in [-0.2, 0) is 6.54 Å². The van der Waals surface area contributed by atoms with E-state index < -0.39 is 6.10 Å². The van der Waals surface area contributed by atoms with Gasteiger partial charge in [0.2, 0.25) is 0 Å². The largest absolute Gasteiger partial charge is 0.472 e. The molecule has 2 heterocycles. The van der Waals surface area contributed by atoms with Gasteiger partial charge in [0, 0.05) is 12.4 Å². The van der Waals surface area contributed by atoms with Gasteiger partial charge in [0.05, 0.1) is 13.7 Å². The number of hydrogen-bond acceptors (Lipinski definition) is 6. The van der Waals surface area contributed by atoms with Crippen molar-refractivity contribution in [2.45, 2.75) is 44.8 Å². The standard InChI is InChI=1S/C14H20N4O2S/c1-20-14-17-16-11(21-14)9-18-8-7-15-13(18)12(19)10-5-3-2-4-6-10/h7-8,10,12,19H,2-6,9H2,1H3. The van der Waals surface area contributed by atoms with Crippen LogP contribution >= 0.6 is 11.3 Å². The fourth-order valence-electron chi connectivity index (χ4n) is 2.91. The van der Waals surface area contributed by atoms with E-state index in [1.165, 1.54) is 30.6 Å².